The Morgan fingerprint density at radius 1 is 1.06 bits per heavy atom. The number of nitrogens with one attached hydrogen (secondary N) is 1. The molecule has 1 aliphatic carbocycles. The van der Waals surface area contributed by atoms with Crippen LogP contribution >= 0.6 is 0 Å². The lowest BCUT2D eigenvalue weighted by Gasteiger charge is -2.37. The van der Waals surface area contributed by atoms with Gasteiger partial charge in [0.2, 0.25) is 0 Å². The smallest absolute Gasteiger partial charge is 0.371 e. The van der Waals surface area contributed by atoms with E-state index >= 15 is 0 Å². The number of pyridine rings is 1. The van der Waals surface area contributed by atoms with Crippen molar-refractivity contribution in [2.45, 2.75) is 57.3 Å². The number of hydrogen-bond donors (Lipinski definition) is 1. The normalized spacial score (nSPS) is 18.8. The Balaban J connectivity index is 1.47. The highest BCUT2D eigenvalue weighted by atomic mass is 19.4. The number of rotatable bonds is 5. The highest BCUT2D eigenvalue weighted by Gasteiger charge is 2.34. The lowest BCUT2D eigenvalue weighted by molar-refractivity contribution is -0.140. The van der Waals surface area contributed by atoms with Crippen molar-refractivity contribution in [2.75, 3.05) is 11.9 Å². The van der Waals surface area contributed by atoms with Crippen LogP contribution in [0.15, 0.2) is 54.6 Å². The SMILES string of the molecule is CCc1ccccc1C(=O)N[C@H]1CC[C@@H](N(C)c2cc(C(F)(F)F)nc3ccccc23)CC1. The fraction of sp³-hybridized carbons (Fsp3) is 0.385. The van der Waals surface area contributed by atoms with Gasteiger partial charge in [-0.2, -0.15) is 13.2 Å². The van der Waals surface area contributed by atoms with Gasteiger partial charge in [0.15, 0.2) is 0 Å². The van der Waals surface area contributed by atoms with Crippen LogP contribution in [0.2, 0.25) is 0 Å². The van der Waals surface area contributed by atoms with E-state index in [2.05, 4.69) is 10.3 Å². The van der Waals surface area contributed by atoms with Crippen molar-refractivity contribution in [2.24, 2.45) is 0 Å². The Hall–Kier alpha value is -3.09. The number of anilines is 1. The third kappa shape index (κ3) is 4.97. The van der Waals surface area contributed by atoms with E-state index in [9.17, 15) is 18.0 Å². The van der Waals surface area contributed by atoms with Crippen LogP contribution in [0.1, 0.15) is 54.2 Å². The van der Waals surface area contributed by atoms with Crippen LogP contribution in [0.3, 0.4) is 0 Å². The summed E-state index contributed by atoms with van der Waals surface area (Å²) in [5.41, 5.74) is 1.73. The molecule has 4 rings (SSSR count). The van der Waals surface area contributed by atoms with Gasteiger partial charge in [0.1, 0.15) is 5.69 Å². The topological polar surface area (TPSA) is 45.2 Å². The minimum Gasteiger partial charge on any atom is -0.371 e. The number of amides is 1. The van der Waals surface area contributed by atoms with E-state index in [1.807, 2.05) is 55.3 Å². The van der Waals surface area contributed by atoms with E-state index in [1.165, 1.54) is 0 Å². The van der Waals surface area contributed by atoms with Gasteiger partial charge in [-0.1, -0.05) is 43.3 Å². The standard InChI is InChI=1S/C26H28F3N3O/c1-3-17-8-4-5-9-20(17)25(33)30-18-12-14-19(15-13-18)32(2)23-16-24(26(27,28)29)31-22-11-7-6-10-21(22)23/h4-11,16,18-19H,3,12-15H2,1-2H3,(H,30,33)/t18-,19+. The second-order valence-corrected chi connectivity index (χ2v) is 8.64. The quantitative estimate of drug-likeness (QED) is 0.514. The van der Waals surface area contributed by atoms with Gasteiger partial charge >= 0.3 is 6.18 Å². The Kier molecular flexibility index (Phi) is 6.58. The van der Waals surface area contributed by atoms with Crippen molar-refractivity contribution >= 4 is 22.5 Å². The van der Waals surface area contributed by atoms with Crippen molar-refractivity contribution in [1.29, 1.82) is 0 Å². The lowest BCUT2D eigenvalue weighted by Crippen LogP contribution is -2.43. The zero-order valence-corrected chi connectivity index (χ0v) is 18.8. The summed E-state index contributed by atoms with van der Waals surface area (Å²) in [6.07, 6.45) is -0.574. The molecule has 0 aliphatic heterocycles. The van der Waals surface area contributed by atoms with Crippen molar-refractivity contribution in [3.05, 3.63) is 71.4 Å². The molecule has 0 unspecified atom stereocenters. The van der Waals surface area contributed by atoms with Crippen molar-refractivity contribution in [3.63, 3.8) is 0 Å². The summed E-state index contributed by atoms with van der Waals surface area (Å²) < 4.78 is 40.3. The number of benzene rings is 2. The average molecular weight is 456 g/mol. The van der Waals surface area contributed by atoms with Crippen LogP contribution < -0.4 is 10.2 Å². The van der Waals surface area contributed by atoms with E-state index in [1.54, 1.807) is 12.1 Å². The zero-order chi connectivity index (χ0) is 23.6. The molecule has 1 aromatic heterocycles. The first-order chi connectivity index (χ1) is 15.8. The molecule has 4 nitrogen and oxygen atoms in total. The Labute approximate surface area is 191 Å². The van der Waals surface area contributed by atoms with E-state index < -0.39 is 11.9 Å². The van der Waals surface area contributed by atoms with E-state index in [-0.39, 0.29) is 18.0 Å². The molecule has 1 aliphatic rings. The number of alkyl halides is 3. The van der Waals surface area contributed by atoms with Crippen molar-refractivity contribution < 1.29 is 18.0 Å². The van der Waals surface area contributed by atoms with Gasteiger partial charge in [0, 0.05) is 35.8 Å². The maximum absolute atomic E-state index is 13.4. The number of aryl methyl sites for hydroxylation is 1. The molecule has 1 amide bonds. The number of fused-ring (bicyclic) bond motifs is 1. The second kappa shape index (κ2) is 9.41. The molecular formula is C26H28F3N3O. The van der Waals surface area contributed by atoms with Gasteiger partial charge in [0.05, 0.1) is 5.52 Å². The average Bonchev–Trinajstić information content (AvgIpc) is 2.82. The van der Waals surface area contributed by atoms with Crippen LogP contribution in [0.5, 0.6) is 0 Å². The molecule has 2 aromatic carbocycles. The summed E-state index contributed by atoms with van der Waals surface area (Å²) in [6.45, 7) is 2.03. The third-order valence-electron chi connectivity index (χ3n) is 6.59. The first kappa shape index (κ1) is 23.1. The molecule has 1 heterocycles. The van der Waals surface area contributed by atoms with Gasteiger partial charge < -0.3 is 10.2 Å². The van der Waals surface area contributed by atoms with Crippen molar-refractivity contribution in [1.82, 2.24) is 10.3 Å². The molecule has 0 atom stereocenters. The second-order valence-electron chi connectivity index (χ2n) is 8.64. The number of carbonyl (C=O) groups is 1. The third-order valence-corrected chi connectivity index (χ3v) is 6.59. The fourth-order valence-electron chi connectivity index (χ4n) is 4.71. The number of halogens is 3. The molecule has 1 fully saturated rings. The number of carbonyl (C=O) groups excluding carboxylic acids is 1. The predicted molar refractivity (Wildman–Crippen MR) is 124 cm³/mol. The largest absolute Gasteiger partial charge is 0.433 e. The molecule has 7 heteroatoms. The summed E-state index contributed by atoms with van der Waals surface area (Å²) in [7, 11) is 1.85. The van der Waals surface area contributed by atoms with Crippen molar-refractivity contribution in [3.8, 4) is 0 Å². The number of nitrogens with zero attached hydrogens (tertiary/aromatic N) is 2. The molecule has 0 spiro atoms. The summed E-state index contributed by atoms with van der Waals surface area (Å²) in [5, 5.41) is 3.86. The molecule has 1 saturated carbocycles. The van der Waals surface area contributed by atoms with E-state index in [0.29, 0.717) is 22.2 Å². The van der Waals surface area contributed by atoms with Crippen LogP contribution in [-0.4, -0.2) is 30.0 Å². The summed E-state index contributed by atoms with van der Waals surface area (Å²) in [5.74, 6) is -0.0563. The maximum Gasteiger partial charge on any atom is 0.433 e. The van der Waals surface area contributed by atoms with Gasteiger partial charge in [0.25, 0.3) is 5.91 Å². The molecule has 33 heavy (non-hydrogen) atoms. The minimum atomic E-state index is -4.50. The molecule has 3 aromatic rings. The van der Waals surface area contributed by atoms with Crippen LogP contribution in [0, 0.1) is 0 Å². The Morgan fingerprint density at radius 2 is 1.73 bits per heavy atom. The Bertz CT molecular complexity index is 1140. The van der Waals surface area contributed by atoms with Crippen LogP contribution in [0.4, 0.5) is 18.9 Å². The lowest BCUT2D eigenvalue weighted by atomic mass is 9.89. The number of para-hydroxylation sites is 1. The first-order valence-corrected chi connectivity index (χ1v) is 11.4. The van der Waals surface area contributed by atoms with E-state index in [0.717, 1.165) is 43.7 Å². The Morgan fingerprint density at radius 3 is 2.42 bits per heavy atom. The van der Waals surface area contributed by atoms with Gasteiger partial charge in [-0.25, -0.2) is 4.98 Å². The highest BCUT2D eigenvalue weighted by Crippen LogP contribution is 2.36. The van der Waals surface area contributed by atoms with Crippen LogP contribution in [0.25, 0.3) is 10.9 Å². The molecular weight excluding hydrogens is 427 g/mol. The number of hydrogen-bond acceptors (Lipinski definition) is 3. The van der Waals surface area contributed by atoms with Gasteiger partial charge in [-0.05, 0) is 55.9 Å². The highest BCUT2D eigenvalue weighted by molar-refractivity contribution is 5.96. The molecule has 0 radical (unpaired) electrons. The monoisotopic (exact) mass is 455 g/mol. The fourth-order valence-corrected chi connectivity index (χ4v) is 4.71. The van der Waals surface area contributed by atoms with Gasteiger partial charge in [-0.3, -0.25) is 4.79 Å². The molecule has 0 bridgehead atoms. The maximum atomic E-state index is 13.4. The molecule has 174 valence electrons. The van der Waals surface area contributed by atoms with Crippen LogP contribution in [-0.2, 0) is 12.6 Å². The van der Waals surface area contributed by atoms with E-state index in [4.69, 9.17) is 0 Å². The van der Waals surface area contributed by atoms with Gasteiger partial charge in [-0.15, -0.1) is 0 Å². The summed E-state index contributed by atoms with van der Waals surface area (Å²) in [4.78, 5) is 18.5. The summed E-state index contributed by atoms with van der Waals surface area (Å²) in [6, 6.07) is 15.9. The predicted octanol–water partition coefficient (Wildman–Crippen LogP) is 5.99. The first-order valence-electron chi connectivity index (χ1n) is 11.4. The zero-order valence-electron chi connectivity index (χ0n) is 18.8. The summed E-state index contributed by atoms with van der Waals surface area (Å²) >= 11 is 0. The molecule has 1 N–H and O–H groups in total. The number of aromatic nitrogens is 1. The molecule has 0 saturated heterocycles. The minimum absolute atomic E-state index is 0.0563.